The molecule has 0 N–H and O–H groups in total. The van der Waals surface area contributed by atoms with Crippen molar-refractivity contribution < 1.29 is 4.74 Å². The van der Waals surface area contributed by atoms with Gasteiger partial charge in [-0.2, -0.15) is 0 Å². The Kier molecular flexibility index (Phi) is 3.85. The van der Waals surface area contributed by atoms with Crippen LogP contribution in [0.2, 0.25) is 0 Å². The first kappa shape index (κ1) is 12.6. The summed E-state index contributed by atoms with van der Waals surface area (Å²) in [5.41, 5.74) is 4.19. The van der Waals surface area contributed by atoms with Gasteiger partial charge >= 0.3 is 0 Å². The maximum atomic E-state index is 5.77. The third-order valence-electron chi connectivity index (χ3n) is 3.39. The molecular formula is C15H23NO. The molecular weight excluding hydrogens is 210 g/mol. The van der Waals surface area contributed by atoms with Crippen LogP contribution in [-0.4, -0.2) is 30.2 Å². The summed E-state index contributed by atoms with van der Waals surface area (Å²) in [5.74, 6) is 0. The van der Waals surface area contributed by atoms with Crippen LogP contribution < -0.4 is 0 Å². The first-order valence-electron chi connectivity index (χ1n) is 6.48. The van der Waals surface area contributed by atoms with Gasteiger partial charge < -0.3 is 4.74 Å². The maximum Gasteiger partial charge on any atom is 0.0678 e. The van der Waals surface area contributed by atoms with E-state index in [9.17, 15) is 0 Å². The molecule has 94 valence electrons. The zero-order valence-corrected chi connectivity index (χ0v) is 11.4. The van der Waals surface area contributed by atoms with Crippen LogP contribution >= 0.6 is 0 Å². The SMILES string of the molecule is Cc1ccc(C)c(CN2CC(C)OC(C)C2)c1. The van der Waals surface area contributed by atoms with Gasteiger partial charge in [-0.1, -0.05) is 23.8 Å². The van der Waals surface area contributed by atoms with Gasteiger partial charge in [0.2, 0.25) is 0 Å². The number of aryl methyl sites for hydroxylation is 2. The molecule has 0 saturated carbocycles. The Labute approximate surface area is 105 Å². The van der Waals surface area contributed by atoms with Crippen LogP contribution in [0.15, 0.2) is 18.2 Å². The van der Waals surface area contributed by atoms with E-state index in [4.69, 9.17) is 4.74 Å². The quantitative estimate of drug-likeness (QED) is 0.779. The first-order chi connectivity index (χ1) is 8.04. The Morgan fingerprint density at radius 1 is 1.18 bits per heavy atom. The fourth-order valence-electron chi connectivity index (χ4n) is 2.62. The predicted octanol–water partition coefficient (Wildman–Crippen LogP) is 2.91. The van der Waals surface area contributed by atoms with Crippen LogP contribution in [0, 0.1) is 13.8 Å². The topological polar surface area (TPSA) is 12.5 Å². The molecule has 0 spiro atoms. The average Bonchev–Trinajstić information content (AvgIpc) is 2.22. The van der Waals surface area contributed by atoms with Crippen molar-refractivity contribution in [3.8, 4) is 0 Å². The smallest absolute Gasteiger partial charge is 0.0678 e. The normalized spacial score (nSPS) is 26.1. The van der Waals surface area contributed by atoms with Gasteiger partial charge in [0.25, 0.3) is 0 Å². The standard InChI is InChI=1S/C15H23NO/c1-11-5-6-12(2)15(7-11)10-16-8-13(3)17-14(4)9-16/h5-7,13-14H,8-10H2,1-4H3. The minimum absolute atomic E-state index is 0.351. The van der Waals surface area contributed by atoms with Crippen LogP contribution in [-0.2, 0) is 11.3 Å². The molecule has 1 aliphatic rings. The van der Waals surface area contributed by atoms with Crippen molar-refractivity contribution in [3.63, 3.8) is 0 Å². The Morgan fingerprint density at radius 2 is 1.82 bits per heavy atom. The fraction of sp³-hybridized carbons (Fsp3) is 0.600. The molecule has 0 amide bonds. The minimum atomic E-state index is 0.351. The van der Waals surface area contributed by atoms with Crippen molar-refractivity contribution in [1.82, 2.24) is 4.90 Å². The third-order valence-corrected chi connectivity index (χ3v) is 3.39. The Hall–Kier alpha value is -0.860. The third kappa shape index (κ3) is 3.30. The highest BCUT2D eigenvalue weighted by Gasteiger charge is 2.22. The predicted molar refractivity (Wildman–Crippen MR) is 71.2 cm³/mol. The summed E-state index contributed by atoms with van der Waals surface area (Å²) in [6.45, 7) is 11.8. The molecule has 0 aromatic heterocycles. The Morgan fingerprint density at radius 3 is 2.47 bits per heavy atom. The number of morpholine rings is 1. The van der Waals surface area contributed by atoms with Crippen molar-refractivity contribution in [3.05, 3.63) is 34.9 Å². The van der Waals surface area contributed by atoms with Gasteiger partial charge in [-0.25, -0.2) is 0 Å². The maximum absolute atomic E-state index is 5.77. The molecule has 0 bridgehead atoms. The molecule has 1 heterocycles. The summed E-state index contributed by atoms with van der Waals surface area (Å²) in [6.07, 6.45) is 0.702. The number of hydrogen-bond donors (Lipinski definition) is 0. The second-order valence-electron chi connectivity index (χ2n) is 5.38. The molecule has 2 atom stereocenters. The van der Waals surface area contributed by atoms with E-state index < -0.39 is 0 Å². The summed E-state index contributed by atoms with van der Waals surface area (Å²) in [7, 11) is 0. The number of rotatable bonds is 2. The zero-order chi connectivity index (χ0) is 12.4. The molecule has 2 nitrogen and oxygen atoms in total. The second-order valence-corrected chi connectivity index (χ2v) is 5.38. The van der Waals surface area contributed by atoms with Crippen molar-refractivity contribution in [2.24, 2.45) is 0 Å². The van der Waals surface area contributed by atoms with Gasteiger partial charge in [0.15, 0.2) is 0 Å². The monoisotopic (exact) mass is 233 g/mol. The van der Waals surface area contributed by atoms with Crippen molar-refractivity contribution in [1.29, 1.82) is 0 Å². The molecule has 0 aliphatic carbocycles. The van der Waals surface area contributed by atoms with Crippen molar-refractivity contribution in [2.75, 3.05) is 13.1 Å². The molecule has 1 aliphatic heterocycles. The summed E-state index contributed by atoms with van der Waals surface area (Å²) < 4.78 is 5.77. The van der Waals surface area contributed by atoms with E-state index in [-0.39, 0.29) is 0 Å². The van der Waals surface area contributed by atoms with Crippen LogP contribution in [0.4, 0.5) is 0 Å². The number of nitrogens with zero attached hydrogens (tertiary/aromatic N) is 1. The van der Waals surface area contributed by atoms with Gasteiger partial charge in [0.1, 0.15) is 0 Å². The average molecular weight is 233 g/mol. The van der Waals surface area contributed by atoms with Crippen molar-refractivity contribution >= 4 is 0 Å². The summed E-state index contributed by atoms with van der Waals surface area (Å²) in [4.78, 5) is 2.50. The molecule has 17 heavy (non-hydrogen) atoms. The van der Waals surface area contributed by atoms with Gasteiger partial charge in [-0.3, -0.25) is 4.90 Å². The molecule has 1 fully saturated rings. The van der Waals surface area contributed by atoms with E-state index in [1.54, 1.807) is 0 Å². The first-order valence-corrected chi connectivity index (χ1v) is 6.48. The summed E-state index contributed by atoms with van der Waals surface area (Å²) in [6, 6.07) is 6.71. The summed E-state index contributed by atoms with van der Waals surface area (Å²) in [5, 5.41) is 0. The molecule has 2 rings (SSSR count). The number of benzene rings is 1. The molecule has 2 unspecified atom stereocenters. The fourth-order valence-corrected chi connectivity index (χ4v) is 2.62. The number of ether oxygens (including phenoxy) is 1. The van der Waals surface area contributed by atoms with E-state index >= 15 is 0 Å². The van der Waals surface area contributed by atoms with Crippen molar-refractivity contribution in [2.45, 2.75) is 46.4 Å². The molecule has 0 radical (unpaired) electrons. The van der Waals surface area contributed by atoms with Gasteiger partial charge in [0, 0.05) is 19.6 Å². The lowest BCUT2D eigenvalue weighted by Gasteiger charge is -2.35. The van der Waals surface area contributed by atoms with E-state index in [0.29, 0.717) is 12.2 Å². The van der Waals surface area contributed by atoms with Crippen LogP contribution in [0.3, 0.4) is 0 Å². The number of hydrogen-bond acceptors (Lipinski definition) is 2. The molecule has 2 heteroatoms. The highest BCUT2D eigenvalue weighted by molar-refractivity contribution is 5.30. The van der Waals surface area contributed by atoms with Gasteiger partial charge in [-0.05, 0) is 38.8 Å². The Balaban J connectivity index is 2.07. The summed E-state index contributed by atoms with van der Waals surface area (Å²) >= 11 is 0. The zero-order valence-electron chi connectivity index (χ0n) is 11.4. The highest BCUT2D eigenvalue weighted by atomic mass is 16.5. The van der Waals surface area contributed by atoms with E-state index in [2.05, 4.69) is 50.8 Å². The van der Waals surface area contributed by atoms with E-state index in [1.165, 1.54) is 16.7 Å². The van der Waals surface area contributed by atoms with E-state index in [1.807, 2.05) is 0 Å². The lowest BCUT2D eigenvalue weighted by molar-refractivity contribution is -0.0705. The van der Waals surface area contributed by atoms with E-state index in [0.717, 1.165) is 19.6 Å². The molecule has 1 aromatic rings. The van der Waals surface area contributed by atoms with Crippen LogP contribution in [0.5, 0.6) is 0 Å². The minimum Gasteiger partial charge on any atom is -0.373 e. The lowest BCUT2D eigenvalue weighted by atomic mass is 10.0. The highest BCUT2D eigenvalue weighted by Crippen LogP contribution is 2.17. The Bertz CT molecular complexity index is 379. The van der Waals surface area contributed by atoms with Gasteiger partial charge in [0.05, 0.1) is 12.2 Å². The van der Waals surface area contributed by atoms with Crippen LogP contribution in [0.1, 0.15) is 30.5 Å². The lowest BCUT2D eigenvalue weighted by Crippen LogP contribution is -2.44. The van der Waals surface area contributed by atoms with Crippen LogP contribution in [0.25, 0.3) is 0 Å². The molecule has 1 aromatic carbocycles. The second kappa shape index (κ2) is 5.19. The molecule has 1 saturated heterocycles. The van der Waals surface area contributed by atoms with Gasteiger partial charge in [-0.15, -0.1) is 0 Å². The largest absolute Gasteiger partial charge is 0.373 e.